The average molecular weight is 545 g/mol. The second kappa shape index (κ2) is 12.0. The van der Waals surface area contributed by atoms with Crippen LogP contribution in [0.2, 0.25) is 0 Å². The summed E-state index contributed by atoms with van der Waals surface area (Å²) >= 11 is 2.01. The van der Waals surface area contributed by atoms with Gasteiger partial charge in [-0.25, -0.2) is 14.2 Å². The van der Waals surface area contributed by atoms with Crippen LogP contribution in [0, 0.1) is 5.21 Å². The van der Waals surface area contributed by atoms with Crippen molar-refractivity contribution in [3.8, 4) is 0 Å². The molecule has 0 aromatic carbocycles. The molecule has 184 valence electrons. The molecule has 2 aliphatic heterocycles. The molecule has 0 saturated carbocycles. The van der Waals surface area contributed by atoms with Crippen LogP contribution in [-0.4, -0.2) is 63.8 Å². The van der Waals surface area contributed by atoms with Crippen molar-refractivity contribution in [1.82, 2.24) is 9.88 Å². The van der Waals surface area contributed by atoms with E-state index in [4.69, 9.17) is 10.6 Å². The fraction of sp³-hybridized carbons (Fsp3) is 0.300. The van der Waals surface area contributed by atoms with Crippen molar-refractivity contribution in [1.29, 1.82) is 0 Å². The Morgan fingerprint density at radius 2 is 2.25 bits per heavy atom. The molecule has 0 unspecified atom stereocenters. The molecule has 0 radical (unpaired) electrons. The van der Waals surface area contributed by atoms with Crippen molar-refractivity contribution in [3.63, 3.8) is 0 Å². The van der Waals surface area contributed by atoms with Gasteiger partial charge in [-0.2, -0.15) is 4.73 Å². The second-order valence-corrected chi connectivity index (χ2v) is 9.27. The first-order valence-electron chi connectivity index (χ1n) is 10.2. The fourth-order valence-corrected chi connectivity index (χ4v) is 5.23. The van der Waals surface area contributed by atoms with Gasteiger partial charge in [-0.1, -0.05) is 5.16 Å². The Hall–Kier alpha value is -2.72. The summed E-state index contributed by atoms with van der Waals surface area (Å²) in [4.78, 5) is 39.0. The molecular weight excluding hydrogens is 526 g/mol. The van der Waals surface area contributed by atoms with Crippen molar-refractivity contribution < 1.29 is 63.3 Å². The number of aliphatic imine (C=N–C) groups is 1. The molecule has 0 aliphatic carbocycles. The fourth-order valence-electron chi connectivity index (χ4n) is 3.63. The van der Waals surface area contributed by atoms with Gasteiger partial charge in [0, 0.05) is 28.3 Å². The van der Waals surface area contributed by atoms with Gasteiger partial charge in [0.25, 0.3) is 10.9 Å². The SMILES string of the molecule is Nc1nc(/C(=N\OCCF)C([O-])=N[C@@H]2C(=O)N3C(C(=O)O)=C(Sc4cccc[n+]4[O-])CC[C@H]23)cs1.[Na+]. The zero-order chi connectivity index (χ0) is 25.1. The third kappa shape index (κ3) is 5.64. The number of halogens is 1. The third-order valence-corrected chi connectivity index (χ3v) is 6.97. The molecule has 36 heavy (non-hydrogen) atoms. The monoisotopic (exact) mass is 544 g/mol. The summed E-state index contributed by atoms with van der Waals surface area (Å²) in [7, 11) is 0. The van der Waals surface area contributed by atoms with Crippen LogP contribution < -0.4 is 45.1 Å². The van der Waals surface area contributed by atoms with E-state index in [1.54, 1.807) is 18.2 Å². The van der Waals surface area contributed by atoms with E-state index in [0.29, 0.717) is 16.1 Å². The van der Waals surface area contributed by atoms with Gasteiger partial charge in [-0.15, -0.1) is 11.3 Å². The number of thiazole rings is 1. The van der Waals surface area contributed by atoms with Gasteiger partial charge in [0.15, 0.2) is 11.3 Å². The summed E-state index contributed by atoms with van der Waals surface area (Å²) in [6.45, 7) is -1.23. The molecule has 16 heteroatoms. The molecule has 2 atom stereocenters. The number of thioether (sulfide) groups is 1. The minimum atomic E-state index is -1.33. The van der Waals surface area contributed by atoms with Gasteiger partial charge in [0.2, 0.25) is 0 Å². The van der Waals surface area contributed by atoms with Crippen molar-refractivity contribution in [2.24, 2.45) is 10.1 Å². The summed E-state index contributed by atoms with van der Waals surface area (Å²) in [6.07, 6.45) is 1.88. The Morgan fingerprint density at radius 1 is 1.47 bits per heavy atom. The normalized spacial score (nSPS) is 19.9. The summed E-state index contributed by atoms with van der Waals surface area (Å²) in [5.74, 6) is -2.93. The number of nitrogen functional groups attached to an aromatic ring is 1. The van der Waals surface area contributed by atoms with Crippen LogP contribution >= 0.6 is 23.1 Å². The van der Waals surface area contributed by atoms with Gasteiger partial charge < -0.3 is 26.0 Å². The minimum Gasteiger partial charge on any atom is -0.857 e. The first kappa shape index (κ1) is 27.9. The van der Waals surface area contributed by atoms with E-state index >= 15 is 0 Å². The number of aliphatic carboxylic acids is 1. The number of amides is 1. The van der Waals surface area contributed by atoms with E-state index in [9.17, 15) is 29.4 Å². The topological polar surface area (TPSA) is 180 Å². The Balaban J connectivity index is 0.00000361. The van der Waals surface area contributed by atoms with Gasteiger partial charge in [0.1, 0.15) is 36.4 Å². The molecular formula is C20H18FN6NaO6S2. The molecule has 2 aliphatic rings. The van der Waals surface area contributed by atoms with Gasteiger partial charge >= 0.3 is 35.5 Å². The summed E-state index contributed by atoms with van der Waals surface area (Å²) < 4.78 is 13.0. The Labute approximate surface area is 234 Å². The van der Waals surface area contributed by atoms with Crippen molar-refractivity contribution in [3.05, 3.63) is 51.3 Å². The van der Waals surface area contributed by atoms with Crippen LogP contribution in [0.3, 0.4) is 0 Å². The smallest absolute Gasteiger partial charge is 0.857 e. The number of anilines is 1. The summed E-state index contributed by atoms with van der Waals surface area (Å²) in [5, 5.41) is 40.1. The number of carbonyl (C=O) groups is 2. The number of nitrogens with zero attached hydrogens (tertiary/aromatic N) is 5. The Bertz CT molecular complexity index is 1250. The number of carboxylic acid groups (broad SMARTS) is 1. The predicted octanol–water partition coefficient (Wildman–Crippen LogP) is -2.73. The zero-order valence-electron chi connectivity index (χ0n) is 18.9. The minimum absolute atomic E-state index is 0. The number of pyridine rings is 1. The molecule has 0 bridgehead atoms. The number of rotatable bonds is 9. The number of nitrogens with two attached hydrogens (primary N) is 1. The largest absolute Gasteiger partial charge is 1.00 e. The first-order valence-corrected chi connectivity index (χ1v) is 11.9. The van der Waals surface area contributed by atoms with E-state index in [2.05, 4.69) is 15.1 Å². The molecule has 2 aromatic rings. The van der Waals surface area contributed by atoms with Crippen LogP contribution in [0.1, 0.15) is 18.5 Å². The molecule has 0 spiro atoms. The average Bonchev–Trinajstić information content (AvgIpc) is 3.26. The number of oxime groups is 1. The van der Waals surface area contributed by atoms with Crippen molar-refractivity contribution in [2.75, 3.05) is 19.0 Å². The second-order valence-electron chi connectivity index (χ2n) is 7.27. The molecule has 12 nitrogen and oxygen atoms in total. The van der Waals surface area contributed by atoms with Crippen LogP contribution in [0.5, 0.6) is 0 Å². The maximum absolute atomic E-state index is 12.9. The van der Waals surface area contributed by atoms with Crippen LogP contribution in [0.15, 0.2) is 55.6 Å². The molecule has 1 amide bonds. The number of β-lactam (4-membered cyclic amide) rings is 1. The predicted molar refractivity (Wildman–Crippen MR) is 122 cm³/mol. The Morgan fingerprint density at radius 3 is 2.89 bits per heavy atom. The quantitative estimate of drug-likeness (QED) is 0.0495. The number of alkyl halides is 1. The number of hydrogen-bond acceptors (Lipinski definition) is 11. The van der Waals surface area contributed by atoms with Crippen molar-refractivity contribution in [2.45, 2.75) is 30.0 Å². The van der Waals surface area contributed by atoms with Crippen molar-refractivity contribution >= 4 is 51.7 Å². The first-order chi connectivity index (χ1) is 16.8. The summed E-state index contributed by atoms with van der Waals surface area (Å²) in [5.41, 5.74) is 5.08. The maximum atomic E-state index is 12.9. The van der Waals surface area contributed by atoms with Crippen LogP contribution in [0.4, 0.5) is 9.52 Å². The zero-order valence-corrected chi connectivity index (χ0v) is 22.5. The number of fused-ring (bicyclic) bond motifs is 1. The molecule has 4 heterocycles. The molecule has 2 aromatic heterocycles. The van der Waals surface area contributed by atoms with Gasteiger partial charge in [0.05, 0.1) is 6.04 Å². The van der Waals surface area contributed by atoms with E-state index in [1.165, 1.54) is 11.6 Å². The van der Waals surface area contributed by atoms with E-state index in [1.807, 2.05) is 0 Å². The number of hydrogen-bond donors (Lipinski definition) is 2. The van der Waals surface area contributed by atoms with E-state index in [-0.39, 0.29) is 63.2 Å². The Kier molecular flexibility index (Phi) is 9.30. The molecule has 4 rings (SSSR count). The van der Waals surface area contributed by atoms with Crippen LogP contribution in [-0.2, 0) is 14.4 Å². The maximum Gasteiger partial charge on any atom is 1.00 e. The van der Waals surface area contributed by atoms with Gasteiger partial charge in [-0.05, 0) is 30.7 Å². The molecule has 1 saturated heterocycles. The standard InChI is InChI=1S/C20H19FN6O6S2.Na/c21-6-8-33-25-14(10-9-34-20(22)23-10)17(28)24-15-11-4-5-12(16(19(30)31)27(11)18(15)29)35-13-3-1-2-7-26(13)32;/h1-3,7,9,11,15H,4-6,8H2,(H2,22,23)(H,24,28)(H,30,31);/q;+1/p-1/b25-14+;/t11-,15+;/m1./s1. The molecule has 1 fully saturated rings. The van der Waals surface area contributed by atoms with Gasteiger partial charge in [-0.3, -0.25) is 14.7 Å². The van der Waals surface area contributed by atoms with E-state index in [0.717, 1.165) is 28.0 Å². The number of allylic oxidation sites excluding steroid dienone is 1. The number of carbonyl (C=O) groups excluding carboxylic acids is 1. The number of aromatic nitrogens is 2. The summed E-state index contributed by atoms with van der Waals surface area (Å²) in [6, 6.07) is 2.94. The molecule has 3 N–H and O–H groups in total. The number of carboxylic acids is 1. The van der Waals surface area contributed by atoms with Crippen LogP contribution in [0.25, 0.3) is 0 Å². The van der Waals surface area contributed by atoms with E-state index < -0.39 is 43.1 Å². The third-order valence-electron chi connectivity index (χ3n) is 5.13.